The molecule has 0 radical (unpaired) electrons. The molecule has 0 spiro atoms. The quantitative estimate of drug-likeness (QED) is 0.535. The van der Waals surface area contributed by atoms with E-state index in [1.807, 2.05) is 30.5 Å². The molecule has 1 aromatic heterocycles. The molecule has 0 bridgehead atoms. The fourth-order valence-corrected chi connectivity index (χ4v) is 3.51. The monoisotopic (exact) mass is 396 g/mol. The first-order valence-corrected chi connectivity index (χ1v) is 10.1. The van der Waals surface area contributed by atoms with Crippen LogP contribution in [0.2, 0.25) is 5.02 Å². The third-order valence-electron chi connectivity index (χ3n) is 4.84. The van der Waals surface area contributed by atoms with Gasteiger partial charge in [0.1, 0.15) is 0 Å². The van der Waals surface area contributed by atoms with Gasteiger partial charge in [-0.1, -0.05) is 41.9 Å². The largest absolute Gasteiger partial charge is 0.381 e. The first-order chi connectivity index (χ1) is 13.5. The van der Waals surface area contributed by atoms with E-state index in [2.05, 4.69) is 71.9 Å². The molecule has 0 aliphatic rings. The van der Waals surface area contributed by atoms with E-state index >= 15 is 0 Å². The van der Waals surface area contributed by atoms with Gasteiger partial charge < -0.3 is 15.5 Å². The van der Waals surface area contributed by atoms with Gasteiger partial charge in [-0.05, 0) is 63.8 Å². The number of fused-ring (bicyclic) bond motifs is 1. The zero-order valence-electron chi connectivity index (χ0n) is 16.8. The fraction of sp³-hybridized carbons (Fsp3) is 0.348. The van der Waals surface area contributed by atoms with E-state index in [1.165, 1.54) is 5.56 Å². The molecule has 3 aromatic rings. The maximum Gasteiger partial charge on any atom is 0.0737 e. The van der Waals surface area contributed by atoms with Crippen LogP contribution in [0.25, 0.3) is 10.9 Å². The van der Waals surface area contributed by atoms with Gasteiger partial charge in [0.2, 0.25) is 0 Å². The molecule has 0 saturated heterocycles. The van der Waals surface area contributed by atoms with E-state index < -0.39 is 0 Å². The van der Waals surface area contributed by atoms with Crippen LogP contribution in [0.5, 0.6) is 0 Å². The molecule has 0 aliphatic heterocycles. The van der Waals surface area contributed by atoms with Crippen LogP contribution in [0.1, 0.15) is 24.9 Å². The van der Waals surface area contributed by atoms with Crippen LogP contribution in [0.15, 0.2) is 60.8 Å². The predicted octanol–water partition coefficient (Wildman–Crippen LogP) is 4.97. The Kier molecular flexibility index (Phi) is 7.26. The maximum absolute atomic E-state index is 6.10. The molecule has 2 atom stereocenters. The Labute approximate surface area is 172 Å². The van der Waals surface area contributed by atoms with Crippen molar-refractivity contribution in [1.29, 1.82) is 0 Å². The van der Waals surface area contributed by atoms with E-state index in [-0.39, 0.29) is 6.04 Å². The Morgan fingerprint density at radius 1 is 1.07 bits per heavy atom. The second-order valence-corrected chi connectivity index (χ2v) is 7.97. The van der Waals surface area contributed by atoms with Crippen LogP contribution in [-0.2, 0) is 0 Å². The summed E-state index contributed by atoms with van der Waals surface area (Å²) in [6.45, 7) is 4.11. The lowest BCUT2D eigenvalue weighted by atomic mass is 10.0. The van der Waals surface area contributed by atoms with Gasteiger partial charge in [-0.15, -0.1) is 0 Å². The Hall–Kier alpha value is -2.14. The number of pyridine rings is 1. The SMILES string of the molecule is CC(CNC(CCN(C)C)c1ccccc1)Nc1ccnc2cc(Cl)ccc12. The van der Waals surface area contributed by atoms with E-state index in [0.29, 0.717) is 11.1 Å². The summed E-state index contributed by atoms with van der Waals surface area (Å²) in [4.78, 5) is 6.65. The van der Waals surface area contributed by atoms with Crippen molar-refractivity contribution < 1.29 is 0 Å². The third kappa shape index (κ3) is 5.68. The molecule has 148 valence electrons. The molecule has 1 heterocycles. The predicted molar refractivity (Wildman–Crippen MR) is 120 cm³/mol. The van der Waals surface area contributed by atoms with Crippen molar-refractivity contribution in [2.75, 3.05) is 32.5 Å². The van der Waals surface area contributed by atoms with Crippen molar-refractivity contribution in [3.05, 3.63) is 71.4 Å². The van der Waals surface area contributed by atoms with Crippen molar-refractivity contribution in [2.45, 2.75) is 25.4 Å². The number of halogens is 1. The Morgan fingerprint density at radius 3 is 2.61 bits per heavy atom. The second kappa shape index (κ2) is 9.87. The minimum Gasteiger partial charge on any atom is -0.381 e. The molecule has 5 heteroatoms. The molecular weight excluding hydrogens is 368 g/mol. The Bertz CT molecular complexity index is 882. The summed E-state index contributed by atoms with van der Waals surface area (Å²) in [5.41, 5.74) is 3.33. The minimum atomic E-state index is 0.270. The lowest BCUT2D eigenvalue weighted by Crippen LogP contribution is -2.34. The first-order valence-electron chi connectivity index (χ1n) is 9.77. The first kappa shape index (κ1) is 20.6. The van der Waals surface area contributed by atoms with E-state index in [9.17, 15) is 0 Å². The zero-order chi connectivity index (χ0) is 19.9. The van der Waals surface area contributed by atoms with Crippen molar-refractivity contribution in [1.82, 2.24) is 15.2 Å². The number of aromatic nitrogens is 1. The lowest BCUT2D eigenvalue weighted by Gasteiger charge is -2.24. The van der Waals surface area contributed by atoms with Crippen LogP contribution >= 0.6 is 11.6 Å². The van der Waals surface area contributed by atoms with Crippen molar-refractivity contribution in [3.8, 4) is 0 Å². The van der Waals surface area contributed by atoms with Gasteiger partial charge in [-0.3, -0.25) is 4.98 Å². The normalized spacial score (nSPS) is 13.6. The fourth-order valence-electron chi connectivity index (χ4n) is 3.34. The van der Waals surface area contributed by atoms with E-state index in [4.69, 9.17) is 11.6 Å². The Balaban J connectivity index is 1.65. The molecule has 2 unspecified atom stereocenters. The van der Waals surface area contributed by atoms with Crippen molar-refractivity contribution in [3.63, 3.8) is 0 Å². The number of anilines is 1. The van der Waals surface area contributed by atoms with Gasteiger partial charge in [0.05, 0.1) is 5.52 Å². The number of nitrogens with zero attached hydrogens (tertiary/aromatic N) is 2. The molecule has 28 heavy (non-hydrogen) atoms. The highest BCUT2D eigenvalue weighted by atomic mass is 35.5. The molecule has 0 fully saturated rings. The molecule has 3 rings (SSSR count). The number of hydrogen-bond donors (Lipinski definition) is 2. The van der Waals surface area contributed by atoms with Crippen LogP contribution in [0.4, 0.5) is 5.69 Å². The maximum atomic E-state index is 6.10. The topological polar surface area (TPSA) is 40.2 Å². The smallest absolute Gasteiger partial charge is 0.0737 e. The summed E-state index contributed by atoms with van der Waals surface area (Å²) in [6, 6.07) is 19.1. The highest BCUT2D eigenvalue weighted by molar-refractivity contribution is 6.31. The molecular formula is C23H29ClN4. The van der Waals surface area contributed by atoms with Gasteiger partial charge in [-0.25, -0.2) is 0 Å². The van der Waals surface area contributed by atoms with Crippen LogP contribution in [0.3, 0.4) is 0 Å². The van der Waals surface area contributed by atoms with Crippen molar-refractivity contribution in [2.24, 2.45) is 0 Å². The van der Waals surface area contributed by atoms with Crippen molar-refractivity contribution >= 4 is 28.2 Å². The molecule has 2 aromatic carbocycles. The molecule has 2 N–H and O–H groups in total. The summed E-state index contributed by atoms with van der Waals surface area (Å²) in [5, 5.41) is 9.16. The summed E-state index contributed by atoms with van der Waals surface area (Å²) < 4.78 is 0. The van der Waals surface area contributed by atoms with Gasteiger partial charge in [0.15, 0.2) is 0 Å². The highest BCUT2D eigenvalue weighted by Crippen LogP contribution is 2.25. The van der Waals surface area contributed by atoms with Crippen LogP contribution in [-0.4, -0.2) is 43.1 Å². The number of hydrogen-bond acceptors (Lipinski definition) is 4. The molecule has 0 aliphatic carbocycles. The second-order valence-electron chi connectivity index (χ2n) is 7.53. The molecule has 4 nitrogen and oxygen atoms in total. The van der Waals surface area contributed by atoms with E-state index in [1.54, 1.807) is 0 Å². The summed E-state index contributed by atoms with van der Waals surface area (Å²) in [7, 11) is 4.24. The summed E-state index contributed by atoms with van der Waals surface area (Å²) in [6.07, 6.45) is 2.89. The standard InChI is InChI=1S/C23H29ClN4/c1-17(27-22-11-13-25-23-15-19(24)9-10-20(22)23)16-26-21(12-14-28(2)3)18-7-5-4-6-8-18/h4-11,13,15,17,21,26H,12,14,16H2,1-3H3,(H,25,27). The van der Waals surface area contributed by atoms with Gasteiger partial charge in [0.25, 0.3) is 0 Å². The zero-order valence-corrected chi connectivity index (χ0v) is 17.6. The van der Waals surface area contributed by atoms with Gasteiger partial charge in [0, 0.05) is 40.9 Å². The summed E-state index contributed by atoms with van der Waals surface area (Å²) in [5.74, 6) is 0. The third-order valence-corrected chi connectivity index (χ3v) is 5.08. The van der Waals surface area contributed by atoms with Crippen LogP contribution < -0.4 is 10.6 Å². The number of benzene rings is 2. The average molecular weight is 397 g/mol. The lowest BCUT2D eigenvalue weighted by molar-refractivity contribution is 0.359. The number of nitrogens with one attached hydrogen (secondary N) is 2. The van der Waals surface area contributed by atoms with Gasteiger partial charge >= 0.3 is 0 Å². The molecule has 0 amide bonds. The summed E-state index contributed by atoms with van der Waals surface area (Å²) >= 11 is 6.10. The average Bonchev–Trinajstić information content (AvgIpc) is 2.68. The Morgan fingerprint density at radius 2 is 1.86 bits per heavy atom. The van der Waals surface area contributed by atoms with Gasteiger partial charge in [-0.2, -0.15) is 0 Å². The minimum absolute atomic E-state index is 0.270. The van der Waals surface area contributed by atoms with E-state index in [0.717, 1.165) is 36.1 Å². The van der Waals surface area contributed by atoms with Crippen LogP contribution in [0, 0.1) is 0 Å². The number of rotatable bonds is 9. The molecule has 0 saturated carbocycles. The highest BCUT2D eigenvalue weighted by Gasteiger charge is 2.13.